The Balaban J connectivity index is 1.70. The van der Waals surface area contributed by atoms with Gasteiger partial charge in [0.15, 0.2) is 0 Å². The zero-order chi connectivity index (χ0) is 10.3. The topological polar surface area (TPSA) is 12.0 Å². The second-order valence-corrected chi connectivity index (χ2v) is 5.02. The van der Waals surface area contributed by atoms with Crippen LogP contribution in [0.1, 0.15) is 37.3 Å². The third-order valence-electron chi connectivity index (χ3n) is 3.92. The predicted molar refractivity (Wildman–Crippen MR) is 58.0 cm³/mol. The minimum absolute atomic E-state index is 0.145. The van der Waals surface area contributed by atoms with Gasteiger partial charge in [0, 0.05) is 12.6 Å². The molecule has 1 aliphatic heterocycles. The number of halogens is 1. The van der Waals surface area contributed by atoms with E-state index in [1.807, 2.05) is 12.1 Å². The standard InChI is InChI=1S/C13H16FN/c14-11-3-1-10(2-4-11)12-5-6-13(7-8-13)9-15-12/h1-4,12,15H,5-9H2. The van der Waals surface area contributed by atoms with Crippen LogP contribution in [0.5, 0.6) is 0 Å². The number of rotatable bonds is 1. The Morgan fingerprint density at radius 2 is 1.87 bits per heavy atom. The first-order valence-corrected chi connectivity index (χ1v) is 5.76. The van der Waals surface area contributed by atoms with E-state index in [4.69, 9.17) is 0 Å². The summed E-state index contributed by atoms with van der Waals surface area (Å²) in [6, 6.07) is 7.35. The second kappa shape index (κ2) is 3.31. The molecule has 0 amide bonds. The predicted octanol–water partition coefficient (Wildman–Crippen LogP) is 3.03. The summed E-state index contributed by atoms with van der Waals surface area (Å²) in [6.45, 7) is 1.15. The zero-order valence-electron chi connectivity index (χ0n) is 8.80. The van der Waals surface area contributed by atoms with Crippen molar-refractivity contribution in [1.29, 1.82) is 0 Å². The van der Waals surface area contributed by atoms with Crippen molar-refractivity contribution in [3.8, 4) is 0 Å². The molecule has 1 aromatic carbocycles. The minimum atomic E-state index is -0.145. The fourth-order valence-corrected chi connectivity index (χ4v) is 2.56. The monoisotopic (exact) mass is 205 g/mol. The van der Waals surface area contributed by atoms with Crippen LogP contribution < -0.4 is 5.32 Å². The Bertz CT molecular complexity index is 343. The lowest BCUT2D eigenvalue weighted by atomic mass is 9.89. The summed E-state index contributed by atoms with van der Waals surface area (Å²) >= 11 is 0. The Kier molecular flexibility index (Phi) is 2.06. The lowest BCUT2D eigenvalue weighted by molar-refractivity contribution is 0.296. The van der Waals surface area contributed by atoms with E-state index in [0.717, 1.165) is 6.54 Å². The molecule has 1 aliphatic carbocycles. The van der Waals surface area contributed by atoms with Gasteiger partial charge in [-0.1, -0.05) is 12.1 Å². The minimum Gasteiger partial charge on any atom is -0.309 e. The van der Waals surface area contributed by atoms with Gasteiger partial charge in [0.1, 0.15) is 5.82 Å². The van der Waals surface area contributed by atoms with Crippen molar-refractivity contribution in [2.45, 2.75) is 31.7 Å². The molecule has 1 unspecified atom stereocenters. The lowest BCUT2D eigenvalue weighted by Gasteiger charge is -2.30. The summed E-state index contributed by atoms with van der Waals surface area (Å²) in [5.74, 6) is -0.145. The van der Waals surface area contributed by atoms with Gasteiger partial charge in [0.2, 0.25) is 0 Å². The smallest absolute Gasteiger partial charge is 0.123 e. The van der Waals surface area contributed by atoms with E-state index in [1.54, 1.807) is 12.1 Å². The second-order valence-electron chi connectivity index (χ2n) is 5.02. The van der Waals surface area contributed by atoms with Gasteiger partial charge in [-0.25, -0.2) is 4.39 Å². The first-order valence-electron chi connectivity index (χ1n) is 5.76. The molecule has 80 valence electrons. The molecule has 1 N–H and O–H groups in total. The molecular formula is C13H16FN. The van der Waals surface area contributed by atoms with Gasteiger partial charge in [0.25, 0.3) is 0 Å². The van der Waals surface area contributed by atoms with Gasteiger partial charge in [0.05, 0.1) is 0 Å². The Labute approximate surface area is 89.7 Å². The molecule has 15 heavy (non-hydrogen) atoms. The van der Waals surface area contributed by atoms with E-state index in [-0.39, 0.29) is 5.82 Å². The van der Waals surface area contributed by atoms with E-state index in [9.17, 15) is 4.39 Å². The van der Waals surface area contributed by atoms with Crippen LogP contribution in [0, 0.1) is 11.2 Å². The molecule has 2 heteroatoms. The molecule has 1 nitrogen and oxygen atoms in total. The van der Waals surface area contributed by atoms with Crippen LogP contribution in [0.25, 0.3) is 0 Å². The molecular weight excluding hydrogens is 189 g/mol. The molecule has 1 saturated carbocycles. The molecule has 1 saturated heterocycles. The maximum absolute atomic E-state index is 12.8. The zero-order valence-corrected chi connectivity index (χ0v) is 8.80. The van der Waals surface area contributed by atoms with Crippen LogP contribution in [-0.2, 0) is 0 Å². The largest absolute Gasteiger partial charge is 0.309 e. The highest BCUT2D eigenvalue weighted by atomic mass is 19.1. The maximum atomic E-state index is 12.8. The molecule has 0 radical (unpaired) electrons. The normalized spacial score (nSPS) is 27.9. The van der Waals surface area contributed by atoms with Gasteiger partial charge in [-0.3, -0.25) is 0 Å². The van der Waals surface area contributed by atoms with Gasteiger partial charge in [-0.05, 0) is 48.8 Å². The SMILES string of the molecule is Fc1ccc(C2CCC3(CC3)CN2)cc1. The third kappa shape index (κ3) is 1.78. The molecule has 1 spiro atoms. The van der Waals surface area contributed by atoms with Crippen LogP contribution in [-0.4, -0.2) is 6.54 Å². The Hall–Kier alpha value is -0.890. The number of nitrogens with one attached hydrogen (secondary N) is 1. The molecule has 1 aromatic rings. The molecule has 1 heterocycles. The van der Waals surface area contributed by atoms with Crippen LogP contribution in [0.4, 0.5) is 4.39 Å². The summed E-state index contributed by atoms with van der Waals surface area (Å²) in [4.78, 5) is 0. The van der Waals surface area contributed by atoms with Crippen molar-refractivity contribution in [3.05, 3.63) is 35.6 Å². The average Bonchev–Trinajstić information content (AvgIpc) is 3.01. The maximum Gasteiger partial charge on any atom is 0.123 e. The molecule has 2 fully saturated rings. The van der Waals surface area contributed by atoms with Crippen molar-refractivity contribution in [3.63, 3.8) is 0 Å². The van der Waals surface area contributed by atoms with E-state index in [2.05, 4.69) is 5.32 Å². The van der Waals surface area contributed by atoms with Crippen molar-refractivity contribution < 1.29 is 4.39 Å². The summed E-state index contributed by atoms with van der Waals surface area (Å²) in [5.41, 5.74) is 1.88. The highest BCUT2D eigenvalue weighted by molar-refractivity contribution is 5.21. The molecule has 1 atom stereocenters. The van der Waals surface area contributed by atoms with Crippen LogP contribution in [0.15, 0.2) is 24.3 Å². The highest BCUT2D eigenvalue weighted by Crippen LogP contribution is 2.52. The van der Waals surface area contributed by atoms with Crippen molar-refractivity contribution in [2.75, 3.05) is 6.54 Å². The summed E-state index contributed by atoms with van der Waals surface area (Å²) in [5, 5.41) is 3.59. The van der Waals surface area contributed by atoms with Crippen LogP contribution >= 0.6 is 0 Å². The quantitative estimate of drug-likeness (QED) is 0.743. The first kappa shape index (κ1) is 9.34. The third-order valence-corrected chi connectivity index (χ3v) is 3.92. The first-order chi connectivity index (χ1) is 7.27. The van der Waals surface area contributed by atoms with E-state index < -0.39 is 0 Å². The fraction of sp³-hybridized carbons (Fsp3) is 0.538. The number of hydrogen-bond donors (Lipinski definition) is 1. The summed E-state index contributed by atoms with van der Waals surface area (Å²) < 4.78 is 12.8. The van der Waals surface area contributed by atoms with Gasteiger partial charge in [-0.15, -0.1) is 0 Å². The van der Waals surface area contributed by atoms with Crippen molar-refractivity contribution in [2.24, 2.45) is 5.41 Å². The Morgan fingerprint density at radius 3 is 2.40 bits per heavy atom. The van der Waals surface area contributed by atoms with E-state index in [1.165, 1.54) is 31.2 Å². The van der Waals surface area contributed by atoms with E-state index in [0.29, 0.717) is 11.5 Å². The van der Waals surface area contributed by atoms with Gasteiger partial charge in [-0.2, -0.15) is 0 Å². The van der Waals surface area contributed by atoms with Crippen LogP contribution in [0.2, 0.25) is 0 Å². The number of piperidine rings is 1. The summed E-state index contributed by atoms with van der Waals surface area (Å²) in [6.07, 6.45) is 5.33. The van der Waals surface area contributed by atoms with Crippen molar-refractivity contribution >= 4 is 0 Å². The fourth-order valence-electron chi connectivity index (χ4n) is 2.56. The van der Waals surface area contributed by atoms with Gasteiger partial charge >= 0.3 is 0 Å². The van der Waals surface area contributed by atoms with Crippen LogP contribution in [0.3, 0.4) is 0 Å². The summed E-state index contributed by atoms with van der Waals surface area (Å²) in [7, 11) is 0. The van der Waals surface area contributed by atoms with Gasteiger partial charge < -0.3 is 5.32 Å². The number of hydrogen-bond acceptors (Lipinski definition) is 1. The average molecular weight is 205 g/mol. The number of benzene rings is 1. The van der Waals surface area contributed by atoms with Crippen molar-refractivity contribution in [1.82, 2.24) is 5.32 Å². The highest BCUT2D eigenvalue weighted by Gasteiger charge is 2.44. The lowest BCUT2D eigenvalue weighted by Crippen LogP contribution is -2.34. The Morgan fingerprint density at radius 1 is 1.13 bits per heavy atom. The molecule has 3 rings (SSSR count). The molecule has 0 bridgehead atoms. The molecule has 0 aromatic heterocycles. The molecule has 2 aliphatic rings. The van der Waals surface area contributed by atoms with E-state index >= 15 is 0 Å².